The highest BCUT2D eigenvalue weighted by atomic mass is 35.5. The van der Waals surface area contributed by atoms with Crippen LogP contribution >= 0.6 is 11.6 Å². The van der Waals surface area contributed by atoms with Crippen molar-refractivity contribution in [1.82, 2.24) is 14.7 Å². The number of nitrogens with zero attached hydrogens (tertiary/aromatic N) is 3. The highest BCUT2D eigenvalue weighted by Gasteiger charge is 2.27. The molecule has 0 radical (unpaired) electrons. The average molecular weight is 532 g/mol. The second-order valence-electron chi connectivity index (χ2n) is 9.74. The Bertz CT molecular complexity index is 969. The van der Waals surface area contributed by atoms with E-state index in [2.05, 4.69) is 9.80 Å². The molecule has 8 nitrogen and oxygen atoms in total. The van der Waals surface area contributed by atoms with Crippen molar-refractivity contribution in [3.63, 3.8) is 0 Å². The molecule has 2 fully saturated rings. The van der Waals surface area contributed by atoms with Crippen molar-refractivity contribution in [2.45, 2.75) is 19.1 Å². The number of β-amino-alcohol motifs (C(OH)–C–C–N with tert-alkyl or cyclic N) is 1. The molecule has 0 saturated carbocycles. The normalized spacial score (nSPS) is 19.9. The van der Waals surface area contributed by atoms with Gasteiger partial charge in [-0.15, -0.1) is 0 Å². The van der Waals surface area contributed by atoms with Crippen LogP contribution in [0.2, 0.25) is 5.02 Å². The quantitative estimate of drug-likeness (QED) is 0.477. The second kappa shape index (κ2) is 14.1. The van der Waals surface area contributed by atoms with Gasteiger partial charge < -0.3 is 24.2 Å². The topological polar surface area (TPSA) is 74.7 Å². The van der Waals surface area contributed by atoms with Crippen LogP contribution in [0.15, 0.2) is 48.5 Å². The largest absolute Gasteiger partial charge is 0.491 e. The number of amides is 1. The molecule has 2 saturated heterocycles. The van der Waals surface area contributed by atoms with Crippen molar-refractivity contribution in [3.05, 3.63) is 64.7 Å². The van der Waals surface area contributed by atoms with Gasteiger partial charge in [0.1, 0.15) is 18.5 Å². The predicted molar refractivity (Wildman–Crippen MR) is 143 cm³/mol. The molecule has 9 heteroatoms. The van der Waals surface area contributed by atoms with Gasteiger partial charge >= 0.3 is 0 Å². The molecule has 202 valence electrons. The maximum Gasteiger partial charge on any atom is 0.253 e. The van der Waals surface area contributed by atoms with Crippen molar-refractivity contribution in [2.24, 2.45) is 0 Å². The van der Waals surface area contributed by atoms with Crippen molar-refractivity contribution >= 4 is 17.5 Å². The summed E-state index contributed by atoms with van der Waals surface area (Å²) in [6.07, 6.45) is -0.765. The Kier molecular flexibility index (Phi) is 10.6. The maximum atomic E-state index is 13.5. The number of hydrogen-bond acceptors (Lipinski definition) is 7. The summed E-state index contributed by atoms with van der Waals surface area (Å²) >= 11 is 5.92. The second-order valence-corrected chi connectivity index (χ2v) is 10.2. The van der Waals surface area contributed by atoms with Crippen molar-refractivity contribution in [3.8, 4) is 5.75 Å². The Morgan fingerprint density at radius 2 is 1.78 bits per heavy atom. The number of carbonyl (C=O) groups excluding carboxylic acids is 1. The molecule has 2 aliphatic rings. The van der Waals surface area contributed by atoms with E-state index in [-0.39, 0.29) is 18.6 Å². The number of halogens is 1. The van der Waals surface area contributed by atoms with Gasteiger partial charge in [-0.25, -0.2) is 0 Å². The van der Waals surface area contributed by atoms with Crippen molar-refractivity contribution in [1.29, 1.82) is 0 Å². The Labute approximate surface area is 224 Å². The van der Waals surface area contributed by atoms with Crippen molar-refractivity contribution in [2.75, 3.05) is 78.8 Å². The van der Waals surface area contributed by atoms with Gasteiger partial charge in [0.25, 0.3) is 5.91 Å². The molecule has 1 N–H and O–H groups in total. The fraction of sp³-hybridized carbons (Fsp3) is 0.536. The third-order valence-corrected chi connectivity index (χ3v) is 7.00. The smallest absolute Gasteiger partial charge is 0.253 e. The van der Waals surface area contributed by atoms with Gasteiger partial charge in [0.15, 0.2) is 0 Å². The molecule has 0 aromatic heterocycles. The zero-order chi connectivity index (χ0) is 26.0. The summed E-state index contributed by atoms with van der Waals surface area (Å²) in [5, 5.41) is 11.2. The third-order valence-electron chi connectivity index (χ3n) is 6.75. The lowest BCUT2D eigenvalue weighted by Gasteiger charge is -2.37. The summed E-state index contributed by atoms with van der Waals surface area (Å²) < 4.78 is 17.2. The molecule has 2 heterocycles. The van der Waals surface area contributed by atoms with Crippen LogP contribution in [0.25, 0.3) is 0 Å². The van der Waals surface area contributed by atoms with Gasteiger partial charge in [-0.2, -0.15) is 0 Å². The fourth-order valence-corrected chi connectivity index (χ4v) is 4.74. The molecule has 1 amide bonds. The Balaban J connectivity index is 1.31. The number of rotatable bonds is 11. The minimum Gasteiger partial charge on any atom is -0.491 e. The summed E-state index contributed by atoms with van der Waals surface area (Å²) in [5.41, 5.74) is 1.82. The lowest BCUT2D eigenvalue weighted by Crippen LogP contribution is -2.52. The van der Waals surface area contributed by atoms with E-state index in [0.29, 0.717) is 49.1 Å². The Hall–Kier alpha value is -2.20. The molecular formula is C28H38ClN3O5. The Morgan fingerprint density at radius 3 is 2.51 bits per heavy atom. The molecule has 2 aromatic rings. The zero-order valence-electron chi connectivity index (χ0n) is 21.6. The summed E-state index contributed by atoms with van der Waals surface area (Å²) in [5.74, 6) is 0.694. The summed E-state index contributed by atoms with van der Waals surface area (Å²) in [7, 11) is 0. The summed E-state index contributed by atoms with van der Waals surface area (Å²) in [4.78, 5) is 19.9. The molecule has 4 rings (SSSR count). The van der Waals surface area contributed by atoms with Crippen LogP contribution < -0.4 is 4.74 Å². The first kappa shape index (κ1) is 27.8. The van der Waals surface area contributed by atoms with Crippen LogP contribution in [0.5, 0.6) is 5.75 Å². The number of ether oxygens (including phenoxy) is 3. The van der Waals surface area contributed by atoms with E-state index in [9.17, 15) is 9.90 Å². The van der Waals surface area contributed by atoms with E-state index in [1.807, 2.05) is 36.1 Å². The first-order chi connectivity index (χ1) is 18.0. The number of hydrogen-bond donors (Lipinski definition) is 1. The van der Waals surface area contributed by atoms with E-state index in [1.54, 1.807) is 24.3 Å². The Morgan fingerprint density at radius 1 is 1.08 bits per heavy atom. The van der Waals surface area contributed by atoms with Gasteiger partial charge in [-0.05, 0) is 43.3 Å². The van der Waals surface area contributed by atoms with E-state index in [1.165, 1.54) is 0 Å². The van der Waals surface area contributed by atoms with E-state index in [0.717, 1.165) is 45.0 Å². The number of aliphatic hydroxyl groups is 1. The van der Waals surface area contributed by atoms with Gasteiger partial charge in [-0.3, -0.25) is 14.6 Å². The zero-order valence-corrected chi connectivity index (χ0v) is 22.3. The third kappa shape index (κ3) is 8.95. The standard InChI is InChI=1S/C28H38ClN3O5/c1-22-2-4-23(5-3-22)28(34)32(11-10-30-12-15-35-16-13-30)20-27-19-31(14-17-36-27)18-25(33)21-37-26-8-6-24(29)7-9-26/h2-9,25,27,33H,10-21H2,1H3/t25-,27+/m0/s1. The molecule has 0 aliphatic carbocycles. The maximum absolute atomic E-state index is 13.5. The first-order valence-corrected chi connectivity index (χ1v) is 13.4. The minimum absolute atomic E-state index is 0.0189. The highest BCUT2D eigenvalue weighted by Crippen LogP contribution is 2.16. The molecule has 0 bridgehead atoms. The van der Waals surface area contributed by atoms with Crippen LogP contribution in [0.1, 0.15) is 15.9 Å². The lowest BCUT2D eigenvalue weighted by atomic mass is 10.1. The van der Waals surface area contributed by atoms with Crippen LogP contribution in [0.4, 0.5) is 0 Å². The number of carbonyl (C=O) groups is 1. The molecular weight excluding hydrogens is 494 g/mol. The van der Waals surface area contributed by atoms with Gasteiger partial charge in [0, 0.05) is 62.9 Å². The van der Waals surface area contributed by atoms with Gasteiger partial charge in [0.05, 0.1) is 25.9 Å². The molecule has 2 aromatic carbocycles. The molecule has 0 spiro atoms. The van der Waals surface area contributed by atoms with E-state index >= 15 is 0 Å². The summed E-state index contributed by atoms with van der Waals surface area (Å²) in [6, 6.07) is 14.8. The van der Waals surface area contributed by atoms with Gasteiger partial charge in [-0.1, -0.05) is 29.3 Å². The molecule has 37 heavy (non-hydrogen) atoms. The monoisotopic (exact) mass is 531 g/mol. The molecule has 0 unspecified atom stereocenters. The lowest BCUT2D eigenvalue weighted by molar-refractivity contribution is -0.0545. The van der Waals surface area contributed by atoms with Gasteiger partial charge in [0.2, 0.25) is 0 Å². The predicted octanol–water partition coefficient (Wildman–Crippen LogP) is 2.56. The van der Waals surface area contributed by atoms with Crippen LogP contribution in [0, 0.1) is 6.92 Å². The SMILES string of the molecule is Cc1ccc(C(=O)N(CCN2CCOCC2)C[C@H]2CN(C[C@H](O)COc3ccc(Cl)cc3)CCO2)cc1. The minimum atomic E-state index is -0.638. The fourth-order valence-electron chi connectivity index (χ4n) is 4.62. The molecule has 2 atom stereocenters. The van der Waals surface area contributed by atoms with E-state index < -0.39 is 6.10 Å². The number of aliphatic hydroxyl groups excluding tert-OH is 1. The summed E-state index contributed by atoms with van der Waals surface area (Å²) in [6.45, 7) is 9.80. The number of aryl methyl sites for hydroxylation is 1. The van der Waals surface area contributed by atoms with Crippen molar-refractivity contribution < 1.29 is 24.1 Å². The number of benzene rings is 2. The van der Waals surface area contributed by atoms with Crippen LogP contribution in [-0.4, -0.2) is 117 Å². The van der Waals surface area contributed by atoms with Crippen LogP contribution in [0.3, 0.4) is 0 Å². The first-order valence-electron chi connectivity index (χ1n) is 13.0. The van der Waals surface area contributed by atoms with Crippen LogP contribution in [-0.2, 0) is 9.47 Å². The molecule has 2 aliphatic heterocycles. The van der Waals surface area contributed by atoms with E-state index in [4.69, 9.17) is 25.8 Å². The average Bonchev–Trinajstić information content (AvgIpc) is 2.91. The highest BCUT2D eigenvalue weighted by molar-refractivity contribution is 6.30. The number of morpholine rings is 2.